The number of aliphatic carboxylic acids is 2. The Morgan fingerprint density at radius 3 is 1.92 bits per heavy atom. The van der Waals surface area contributed by atoms with Crippen molar-refractivity contribution in [2.24, 2.45) is 11.3 Å². The number of morpholine rings is 1. The number of carbonyl (C=O) groups is 3. The van der Waals surface area contributed by atoms with Crippen molar-refractivity contribution < 1.29 is 34.1 Å². The Morgan fingerprint density at radius 2 is 1.36 bits per heavy atom. The van der Waals surface area contributed by atoms with Gasteiger partial charge in [-0.25, -0.2) is 14.6 Å². The highest BCUT2D eigenvalue weighted by molar-refractivity contribution is 9.10. The fourth-order valence-electron chi connectivity index (χ4n) is 11.8. The number of hydrogen-bond acceptors (Lipinski definition) is 8. The van der Waals surface area contributed by atoms with E-state index in [1.54, 1.807) is 23.8 Å². The SMILES string of the molecule is C=C/C=C(\CC=C)C(=O)O.CC.CC1(C)CCOCC1.CCCC.CCCc1c(-c2ccc(-c3ccc4cc(Br)ccc4n3)cc2)[nH]c2c1C=CC(C(=O)O)=CC2.CN(C)c1ccc(-c2ccc(C3=C(C4CCCCC4)CCN3CC(=O)N3CCOCC3)cc2)cc1. The number of hydrogen-bond donors (Lipinski definition) is 3. The van der Waals surface area contributed by atoms with Gasteiger partial charge in [0.1, 0.15) is 0 Å². The van der Waals surface area contributed by atoms with Gasteiger partial charge in [0.25, 0.3) is 0 Å². The van der Waals surface area contributed by atoms with Crippen LogP contribution in [0.25, 0.3) is 56.3 Å². The van der Waals surface area contributed by atoms with Gasteiger partial charge < -0.3 is 39.4 Å². The number of rotatable bonds is 16. The summed E-state index contributed by atoms with van der Waals surface area (Å²) in [5.74, 6) is -0.909. The first kappa shape index (κ1) is 73.5. The first-order valence-electron chi connectivity index (χ1n) is 33.4. The van der Waals surface area contributed by atoms with E-state index in [4.69, 9.17) is 19.6 Å². The average Bonchev–Trinajstić information content (AvgIpc) is 1.62. The number of aromatic amines is 1. The molecule has 11 rings (SSSR count). The fourth-order valence-corrected chi connectivity index (χ4v) is 12.1. The predicted molar refractivity (Wildman–Crippen MR) is 387 cm³/mol. The summed E-state index contributed by atoms with van der Waals surface area (Å²) >= 11 is 3.51. The Bertz CT molecular complexity index is 3460. The van der Waals surface area contributed by atoms with E-state index in [9.17, 15) is 19.5 Å². The monoisotopic (exact) mass is 1310 g/mol. The van der Waals surface area contributed by atoms with E-state index in [-0.39, 0.29) is 5.91 Å². The topological polar surface area (TPSA) is 149 Å². The third kappa shape index (κ3) is 21.5. The van der Waals surface area contributed by atoms with E-state index in [1.165, 1.54) is 104 Å². The second kappa shape index (κ2) is 37.8. The van der Waals surface area contributed by atoms with Gasteiger partial charge in [-0.05, 0) is 138 Å². The van der Waals surface area contributed by atoms with E-state index < -0.39 is 11.9 Å². The zero-order chi connectivity index (χ0) is 66.6. The van der Waals surface area contributed by atoms with Crippen molar-refractivity contribution in [2.45, 2.75) is 138 Å². The van der Waals surface area contributed by atoms with Gasteiger partial charge in [-0.2, -0.15) is 0 Å². The molecule has 5 heterocycles. The number of ether oxygens (including phenoxy) is 2. The number of carbonyl (C=O) groups excluding carboxylic acids is 1. The minimum atomic E-state index is -0.917. The summed E-state index contributed by atoms with van der Waals surface area (Å²) in [4.78, 5) is 49.7. The number of nitrogens with one attached hydrogen (secondary N) is 1. The van der Waals surface area contributed by atoms with Crippen LogP contribution >= 0.6 is 15.9 Å². The smallest absolute Gasteiger partial charge is 0.335 e. The Kier molecular flexibility index (Phi) is 30.2. The maximum absolute atomic E-state index is 13.1. The van der Waals surface area contributed by atoms with Crippen molar-refractivity contribution in [2.75, 3.05) is 71.6 Å². The molecule has 492 valence electrons. The minimum Gasteiger partial charge on any atom is -0.478 e. The number of aromatic nitrogens is 2. The highest BCUT2D eigenvalue weighted by Crippen LogP contribution is 2.42. The molecule has 6 aromatic rings. The molecule has 0 radical (unpaired) electrons. The summed E-state index contributed by atoms with van der Waals surface area (Å²) in [6, 6.07) is 36.5. The summed E-state index contributed by atoms with van der Waals surface area (Å²) < 4.78 is 11.7. The van der Waals surface area contributed by atoms with Crippen molar-refractivity contribution in [1.29, 1.82) is 0 Å². The number of carboxylic acids is 2. The Hall–Kier alpha value is -7.58. The van der Waals surface area contributed by atoms with E-state index in [0.29, 0.717) is 68.2 Å². The normalized spacial score (nSPS) is 16.0. The molecular weight excluding hydrogens is 1210 g/mol. The van der Waals surface area contributed by atoms with Gasteiger partial charge in [0, 0.05) is 97.1 Å². The molecule has 5 aliphatic rings. The molecule has 0 bridgehead atoms. The summed E-state index contributed by atoms with van der Waals surface area (Å²) in [5, 5.41) is 18.9. The molecular formula is C79H102BrN5O7. The maximum atomic E-state index is 13.1. The van der Waals surface area contributed by atoms with Gasteiger partial charge in [0.2, 0.25) is 5.91 Å². The molecule has 3 fully saturated rings. The van der Waals surface area contributed by atoms with Crippen LogP contribution in [0, 0.1) is 11.3 Å². The van der Waals surface area contributed by atoms with Gasteiger partial charge in [0.05, 0.1) is 36.5 Å². The number of benzene rings is 4. The lowest BCUT2D eigenvalue weighted by Gasteiger charge is -2.31. The lowest BCUT2D eigenvalue weighted by Crippen LogP contribution is -2.45. The van der Waals surface area contributed by atoms with Crippen molar-refractivity contribution >= 4 is 62.1 Å². The van der Waals surface area contributed by atoms with Crippen LogP contribution in [0.15, 0.2) is 168 Å². The number of halogens is 1. The van der Waals surface area contributed by atoms with Gasteiger partial charge in [-0.1, -0.05) is 207 Å². The quantitative estimate of drug-likeness (QED) is 0.0486. The zero-order valence-electron chi connectivity index (χ0n) is 56.4. The third-order valence-electron chi connectivity index (χ3n) is 17.3. The lowest BCUT2D eigenvalue weighted by molar-refractivity contribution is -0.136. The Labute approximate surface area is 558 Å². The summed E-state index contributed by atoms with van der Waals surface area (Å²) in [6.45, 7) is 28.0. The maximum Gasteiger partial charge on any atom is 0.335 e. The zero-order valence-corrected chi connectivity index (χ0v) is 58.0. The summed E-state index contributed by atoms with van der Waals surface area (Å²) in [5.41, 5.74) is 17.7. The summed E-state index contributed by atoms with van der Waals surface area (Å²) in [7, 11) is 4.14. The third-order valence-corrected chi connectivity index (χ3v) is 17.8. The fraction of sp³-hybridized carbons (Fsp3) is 0.418. The van der Waals surface area contributed by atoms with Gasteiger partial charge in [-0.3, -0.25) is 4.79 Å². The molecule has 0 atom stereocenters. The van der Waals surface area contributed by atoms with E-state index in [2.05, 4.69) is 184 Å². The van der Waals surface area contributed by atoms with Crippen LogP contribution < -0.4 is 4.90 Å². The molecule has 4 aromatic carbocycles. The molecule has 3 aliphatic heterocycles. The van der Waals surface area contributed by atoms with Crippen LogP contribution in [0.5, 0.6) is 0 Å². The number of pyridine rings is 1. The van der Waals surface area contributed by atoms with Crippen LogP contribution in [0.2, 0.25) is 0 Å². The highest BCUT2D eigenvalue weighted by Gasteiger charge is 2.32. The first-order chi connectivity index (χ1) is 44.5. The number of H-pyrrole nitrogens is 1. The van der Waals surface area contributed by atoms with Crippen LogP contribution in [0.4, 0.5) is 5.69 Å². The van der Waals surface area contributed by atoms with Crippen LogP contribution in [-0.4, -0.2) is 115 Å². The Balaban J connectivity index is 0.000000216. The molecule has 2 aliphatic carbocycles. The number of allylic oxidation sites excluding steroid dienone is 4. The van der Waals surface area contributed by atoms with Gasteiger partial charge in [-0.15, -0.1) is 6.58 Å². The molecule has 1 amide bonds. The van der Waals surface area contributed by atoms with Gasteiger partial charge >= 0.3 is 11.9 Å². The number of nitrogens with zero attached hydrogens (tertiary/aromatic N) is 4. The minimum absolute atomic E-state index is 0.230. The van der Waals surface area contributed by atoms with Crippen LogP contribution in [-0.2, 0) is 36.7 Å². The second-order valence-corrected chi connectivity index (χ2v) is 25.5. The average molecular weight is 1310 g/mol. The molecule has 12 nitrogen and oxygen atoms in total. The van der Waals surface area contributed by atoms with Crippen molar-refractivity contribution in [3.05, 3.63) is 190 Å². The molecule has 1 saturated carbocycles. The second-order valence-electron chi connectivity index (χ2n) is 24.6. The number of carboxylic acid groups (broad SMARTS) is 2. The molecule has 3 N–H and O–H groups in total. The van der Waals surface area contributed by atoms with Crippen molar-refractivity contribution in [3.63, 3.8) is 0 Å². The van der Waals surface area contributed by atoms with Crippen LogP contribution in [0.3, 0.4) is 0 Å². The molecule has 2 aromatic heterocycles. The standard InChI is InChI=1S/C30H39N3O2.C28H23BrN2O2.C8H10O2.C7H14O.C4H10.C2H6/c1-31(2)27-14-12-24(13-15-27)23-8-10-26(11-9-23)30-28(25-6-4-3-5-7-25)16-17-33(30)22-29(34)32-18-20-35-21-19-32;1-2-3-23-22-12-8-19(28(32)33)9-14-26(22)31-27(23)18-6-4-17(5-7-18)24-13-10-20-16-21(29)11-15-25(20)30-24;1-3-5-7(6-4-2)8(9)10;1-7(2)3-5-8-6-4-7;1-3-4-2;1-2/h8-15,25H,3-7,16-22H2,1-2H3;4-13,15-16,31H,2-3,14H2,1H3,(H,32,33);3-5H,1-2,6H2,(H,9,10);3-6H2,1-2H3;3-4H2,1-2H3;1-2H3/b;;7-5+;;;. The van der Waals surface area contributed by atoms with Gasteiger partial charge in [0.15, 0.2) is 0 Å². The molecule has 2 saturated heterocycles. The Morgan fingerprint density at radius 1 is 0.750 bits per heavy atom. The molecule has 0 spiro atoms. The summed E-state index contributed by atoms with van der Waals surface area (Å²) in [6.07, 6.45) is 25.6. The molecule has 92 heavy (non-hydrogen) atoms. The predicted octanol–water partition coefficient (Wildman–Crippen LogP) is 18.9. The number of unbranched alkanes of at least 4 members (excludes halogenated alkanes) is 1. The first-order valence-corrected chi connectivity index (χ1v) is 34.2. The van der Waals surface area contributed by atoms with E-state index >= 15 is 0 Å². The number of amides is 1. The highest BCUT2D eigenvalue weighted by atomic mass is 79.9. The van der Waals surface area contributed by atoms with E-state index in [0.717, 1.165) is 88.2 Å². The van der Waals surface area contributed by atoms with E-state index in [1.807, 2.05) is 37.0 Å². The van der Waals surface area contributed by atoms with Crippen LogP contribution in [0.1, 0.15) is 148 Å². The largest absolute Gasteiger partial charge is 0.478 e. The number of fused-ring (bicyclic) bond motifs is 2. The van der Waals surface area contributed by atoms with Crippen molar-refractivity contribution in [3.8, 4) is 33.6 Å². The molecule has 13 heteroatoms. The number of anilines is 1. The lowest BCUT2D eigenvalue weighted by atomic mass is 9.81. The molecule has 0 unspecified atom stereocenters. The van der Waals surface area contributed by atoms with Crippen molar-refractivity contribution in [1.82, 2.24) is 19.8 Å².